The molecule has 1 aromatic rings. The van der Waals surface area contributed by atoms with Gasteiger partial charge < -0.3 is 15.0 Å². The van der Waals surface area contributed by atoms with Crippen molar-refractivity contribution in [3.8, 4) is 17.9 Å². The van der Waals surface area contributed by atoms with Gasteiger partial charge in [-0.15, -0.1) is 0 Å². The normalized spacial score (nSPS) is 15.6. The fraction of sp³-hybridized carbons (Fsp3) is 0.400. The van der Waals surface area contributed by atoms with Crippen LogP contribution in [0.5, 0.6) is 5.75 Å². The second kappa shape index (κ2) is 7.16. The molecule has 0 radical (unpaired) electrons. The molecule has 0 fully saturated rings. The molecule has 2 rings (SSSR count). The van der Waals surface area contributed by atoms with Crippen LogP contribution in [-0.2, 0) is 4.79 Å². The van der Waals surface area contributed by atoms with Crippen LogP contribution in [0.4, 0.5) is 5.69 Å². The SMILES string of the molecule is N#CCCN(CCC#N)C(=O)C1CNc2ccccc2O1. The molecule has 0 aromatic heterocycles. The molecule has 6 heteroatoms. The quantitative estimate of drug-likeness (QED) is 0.885. The predicted molar refractivity (Wildman–Crippen MR) is 76.4 cm³/mol. The summed E-state index contributed by atoms with van der Waals surface area (Å²) >= 11 is 0. The van der Waals surface area contributed by atoms with E-state index >= 15 is 0 Å². The Hall–Kier alpha value is -2.73. The maximum absolute atomic E-state index is 12.5. The van der Waals surface area contributed by atoms with Crippen molar-refractivity contribution >= 4 is 11.6 Å². The van der Waals surface area contributed by atoms with Crippen LogP contribution in [0.3, 0.4) is 0 Å². The number of nitrogens with one attached hydrogen (secondary N) is 1. The third kappa shape index (κ3) is 3.64. The molecule has 0 saturated heterocycles. The first-order valence-electron chi connectivity index (χ1n) is 6.78. The Morgan fingerprint density at radius 2 is 1.95 bits per heavy atom. The fourth-order valence-electron chi connectivity index (χ4n) is 2.16. The number of ether oxygens (including phenoxy) is 1. The van der Waals surface area contributed by atoms with Crippen molar-refractivity contribution in [2.24, 2.45) is 0 Å². The number of anilines is 1. The lowest BCUT2D eigenvalue weighted by molar-refractivity contribution is -0.138. The third-order valence-corrected chi connectivity index (χ3v) is 3.21. The lowest BCUT2D eigenvalue weighted by Crippen LogP contribution is -2.47. The van der Waals surface area contributed by atoms with E-state index in [0.29, 0.717) is 25.4 Å². The summed E-state index contributed by atoms with van der Waals surface area (Å²) in [7, 11) is 0. The van der Waals surface area contributed by atoms with Crippen LogP contribution in [0.25, 0.3) is 0 Å². The molecule has 1 aliphatic rings. The van der Waals surface area contributed by atoms with Crippen LogP contribution >= 0.6 is 0 Å². The van der Waals surface area contributed by atoms with Gasteiger partial charge in [0.25, 0.3) is 5.91 Å². The lowest BCUT2D eigenvalue weighted by Gasteiger charge is -2.30. The van der Waals surface area contributed by atoms with Gasteiger partial charge in [-0.25, -0.2) is 0 Å². The summed E-state index contributed by atoms with van der Waals surface area (Å²) < 4.78 is 5.72. The molecule has 108 valence electrons. The van der Waals surface area contributed by atoms with Crippen LogP contribution in [0.1, 0.15) is 12.8 Å². The van der Waals surface area contributed by atoms with Crippen LogP contribution in [-0.4, -0.2) is 36.5 Å². The van der Waals surface area contributed by atoms with Gasteiger partial charge in [-0.2, -0.15) is 10.5 Å². The van der Waals surface area contributed by atoms with E-state index < -0.39 is 6.10 Å². The number of fused-ring (bicyclic) bond motifs is 1. The number of carbonyl (C=O) groups excluding carboxylic acids is 1. The molecule has 1 unspecified atom stereocenters. The second-order valence-corrected chi connectivity index (χ2v) is 4.63. The number of carbonyl (C=O) groups is 1. The van der Waals surface area contributed by atoms with Crippen molar-refractivity contribution in [3.05, 3.63) is 24.3 Å². The van der Waals surface area contributed by atoms with Crippen molar-refractivity contribution in [2.45, 2.75) is 18.9 Å². The lowest BCUT2D eigenvalue weighted by atomic mass is 10.2. The van der Waals surface area contributed by atoms with Gasteiger partial charge in [-0.1, -0.05) is 12.1 Å². The van der Waals surface area contributed by atoms with E-state index in [9.17, 15) is 4.79 Å². The molecule has 0 saturated carbocycles. The number of nitriles is 2. The maximum atomic E-state index is 12.5. The van der Waals surface area contributed by atoms with E-state index in [1.54, 1.807) is 6.07 Å². The minimum absolute atomic E-state index is 0.192. The highest BCUT2D eigenvalue weighted by molar-refractivity contribution is 5.83. The van der Waals surface area contributed by atoms with Gasteiger partial charge in [0.2, 0.25) is 0 Å². The molecule has 0 bridgehead atoms. The Morgan fingerprint density at radius 1 is 1.29 bits per heavy atom. The molecule has 1 heterocycles. The highest BCUT2D eigenvalue weighted by Gasteiger charge is 2.29. The average Bonchev–Trinajstić information content (AvgIpc) is 2.54. The molecule has 21 heavy (non-hydrogen) atoms. The zero-order valence-corrected chi connectivity index (χ0v) is 11.6. The number of nitrogens with zero attached hydrogens (tertiary/aromatic N) is 3. The largest absolute Gasteiger partial charge is 0.477 e. The van der Waals surface area contributed by atoms with Crippen molar-refractivity contribution < 1.29 is 9.53 Å². The topological polar surface area (TPSA) is 89.2 Å². The van der Waals surface area contributed by atoms with Crippen LogP contribution in [0, 0.1) is 22.7 Å². The number of amides is 1. The van der Waals surface area contributed by atoms with Crippen molar-refractivity contribution in [1.29, 1.82) is 10.5 Å². The molecule has 6 nitrogen and oxygen atoms in total. The summed E-state index contributed by atoms with van der Waals surface area (Å²) in [5.41, 5.74) is 0.863. The molecule has 1 aromatic carbocycles. The monoisotopic (exact) mass is 284 g/mol. The van der Waals surface area contributed by atoms with Gasteiger partial charge in [0.05, 0.1) is 37.2 Å². The summed E-state index contributed by atoms with van der Waals surface area (Å²) in [5.74, 6) is 0.449. The van der Waals surface area contributed by atoms with E-state index in [4.69, 9.17) is 15.3 Å². The smallest absolute Gasteiger partial charge is 0.265 e. The van der Waals surface area contributed by atoms with Gasteiger partial charge in [-0.05, 0) is 12.1 Å². The second-order valence-electron chi connectivity index (χ2n) is 4.63. The fourth-order valence-corrected chi connectivity index (χ4v) is 2.16. The van der Waals surface area contributed by atoms with Gasteiger partial charge in [-0.3, -0.25) is 4.79 Å². The standard InChI is InChI=1S/C15H16N4O2/c16-7-3-9-19(10-4-8-17)15(20)14-11-18-12-5-1-2-6-13(12)21-14/h1-2,5-6,14,18H,3-4,9-11H2. The highest BCUT2D eigenvalue weighted by Crippen LogP contribution is 2.28. The molecule has 0 aliphatic carbocycles. The van der Waals surface area contributed by atoms with E-state index in [0.717, 1.165) is 5.69 Å². The van der Waals surface area contributed by atoms with E-state index in [1.165, 1.54) is 4.90 Å². The van der Waals surface area contributed by atoms with Gasteiger partial charge in [0.15, 0.2) is 6.10 Å². The summed E-state index contributed by atoms with van der Waals surface area (Å²) in [6, 6.07) is 11.5. The van der Waals surface area contributed by atoms with Gasteiger partial charge in [0.1, 0.15) is 5.75 Å². The van der Waals surface area contributed by atoms with E-state index in [1.807, 2.05) is 30.3 Å². The minimum Gasteiger partial charge on any atom is -0.477 e. The maximum Gasteiger partial charge on any atom is 0.265 e. The number of rotatable bonds is 5. The first-order valence-corrected chi connectivity index (χ1v) is 6.78. The number of hydrogen-bond donors (Lipinski definition) is 1. The minimum atomic E-state index is -0.628. The molecule has 1 aliphatic heterocycles. The summed E-state index contributed by atoms with van der Waals surface area (Å²) in [5, 5.41) is 20.5. The number of hydrogen-bond acceptors (Lipinski definition) is 5. The van der Waals surface area contributed by atoms with Crippen molar-refractivity contribution in [3.63, 3.8) is 0 Å². The summed E-state index contributed by atoms with van der Waals surface area (Å²) in [4.78, 5) is 14.0. The first-order chi connectivity index (χ1) is 10.3. The van der Waals surface area contributed by atoms with Crippen molar-refractivity contribution in [1.82, 2.24) is 4.90 Å². The first kappa shape index (κ1) is 14.7. The molecule has 0 spiro atoms. The zero-order valence-electron chi connectivity index (χ0n) is 11.6. The molecule has 1 amide bonds. The van der Waals surface area contributed by atoms with Crippen LogP contribution in [0.15, 0.2) is 24.3 Å². The summed E-state index contributed by atoms with van der Waals surface area (Å²) in [6.07, 6.45) is -0.140. The van der Waals surface area contributed by atoms with Gasteiger partial charge in [0, 0.05) is 13.1 Å². The number of benzene rings is 1. The van der Waals surface area contributed by atoms with Crippen molar-refractivity contribution in [2.75, 3.05) is 25.0 Å². The Balaban J connectivity index is 2.04. The van der Waals surface area contributed by atoms with Crippen LogP contribution in [0.2, 0.25) is 0 Å². The van der Waals surface area contributed by atoms with Crippen LogP contribution < -0.4 is 10.1 Å². The zero-order chi connectivity index (χ0) is 15.1. The third-order valence-electron chi connectivity index (χ3n) is 3.21. The Kier molecular flexibility index (Phi) is 5.00. The van der Waals surface area contributed by atoms with Gasteiger partial charge >= 0.3 is 0 Å². The Labute approximate surface area is 123 Å². The Morgan fingerprint density at radius 3 is 2.62 bits per heavy atom. The number of para-hydroxylation sites is 2. The molecule has 1 atom stereocenters. The average molecular weight is 284 g/mol. The molecule has 1 N–H and O–H groups in total. The molecular formula is C15H16N4O2. The van der Waals surface area contributed by atoms with E-state index in [2.05, 4.69) is 5.32 Å². The predicted octanol–water partition coefficient (Wildman–Crippen LogP) is 1.52. The summed E-state index contributed by atoms with van der Waals surface area (Å²) in [6.45, 7) is 1.02. The Bertz CT molecular complexity index is 570. The van der Waals surface area contributed by atoms with E-state index in [-0.39, 0.29) is 18.7 Å². The molecular weight excluding hydrogens is 268 g/mol. The highest BCUT2D eigenvalue weighted by atomic mass is 16.5.